The zero-order valence-corrected chi connectivity index (χ0v) is 13.0. The average Bonchev–Trinajstić information content (AvgIpc) is 2.53. The number of carboxylic acids is 1. The van der Waals surface area contributed by atoms with Gasteiger partial charge in [0.2, 0.25) is 10.0 Å². The molecule has 120 valence electrons. The van der Waals surface area contributed by atoms with Gasteiger partial charge >= 0.3 is 5.97 Å². The van der Waals surface area contributed by atoms with Crippen LogP contribution in [0, 0.1) is 0 Å². The summed E-state index contributed by atoms with van der Waals surface area (Å²) in [5.41, 5.74) is 7.65. The van der Waals surface area contributed by atoms with Gasteiger partial charge in [0.25, 0.3) is 0 Å². The lowest BCUT2D eigenvalue weighted by Crippen LogP contribution is -2.48. The Morgan fingerprint density at radius 2 is 1.83 bits per heavy atom. The highest BCUT2D eigenvalue weighted by Crippen LogP contribution is 2.29. The first-order chi connectivity index (χ1) is 10.9. The van der Waals surface area contributed by atoms with Crippen LogP contribution in [0.2, 0.25) is 0 Å². The molecule has 2 aromatic carbocycles. The van der Waals surface area contributed by atoms with Crippen LogP contribution in [0.1, 0.15) is 11.1 Å². The van der Waals surface area contributed by atoms with Crippen molar-refractivity contribution in [2.24, 2.45) is 0 Å². The molecule has 1 atom stereocenters. The molecule has 0 unspecified atom stereocenters. The molecule has 3 N–H and O–H groups in total. The SMILES string of the molecule is Nc1cccc(S(=O)(=O)N2Cc3ccccc3C[C@@H]2C(=O)O)c1. The van der Waals surface area contributed by atoms with Crippen LogP contribution in [0.15, 0.2) is 53.4 Å². The molecule has 6 nitrogen and oxygen atoms in total. The van der Waals surface area contributed by atoms with Crippen molar-refractivity contribution in [1.82, 2.24) is 4.31 Å². The van der Waals surface area contributed by atoms with Gasteiger partial charge in [-0.15, -0.1) is 0 Å². The maximum absolute atomic E-state index is 12.9. The van der Waals surface area contributed by atoms with Crippen LogP contribution >= 0.6 is 0 Å². The number of benzene rings is 2. The Kier molecular flexibility index (Phi) is 3.83. The lowest BCUT2D eigenvalue weighted by molar-refractivity contribution is -0.141. The van der Waals surface area contributed by atoms with E-state index in [0.717, 1.165) is 15.4 Å². The highest BCUT2D eigenvalue weighted by atomic mass is 32.2. The largest absolute Gasteiger partial charge is 0.480 e. The summed E-state index contributed by atoms with van der Waals surface area (Å²) in [6.07, 6.45) is 0.146. The standard InChI is InChI=1S/C16H16N2O4S/c17-13-6-3-7-14(9-13)23(21,22)18-10-12-5-2-1-4-11(12)8-15(18)16(19)20/h1-7,9,15H,8,10,17H2,(H,19,20)/t15-/m1/s1. The van der Waals surface area contributed by atoms with Crippen molar-refractivity contribution in [3.63, 3.8) is 0 Å². The van der Waals surface area contributed by atoms with E-state index in [1.165, 1.54) is 18.2 Å². The minimum absolute atomic E-state index is 0.00290. The Hall–Kier alpha value is -2.38. The normalized spacial score (nSPS) is 18.3. The topological polar surface area (TPSA) is 101 Å². The van der Waals surface area contributed by atoms with Gasteiger partial charge in [-0.2, -0.15) is 4.31 Å². The van der Waals surface area contributed by atoms with E-state index in [0.29, 0.717) is 5.69 Å². The van der Waals surface area contributed by atoms with Crippen molar-refractivity contribution in [1.29, 1.82) is 0 Å². The number of fused-ring (bicyclic) bond motifs is 1. The fourth-order valence-electron chi connectivity index (χ4n) is 2.77. The van der Waals surface area contributed by atoms with Crippen LogP contribution in [-0.4, -0.2) is 29.8 Å². The Bertz CT molecular complexity index is 864. The van der Waals surface area contributed by atoms with Crippen LogP contribution in [0.4, 0.5) is 5.69 Å². The molecule has 0 aromatic heterocycles. The number of carbonyl (C=O) groups is 1. The molecule has 0 bridgehead atoms. The van der Waals surface area contributed by atoms with E-state index >= 15 is 0 Å². The molecule has 0 fully saturated rings. The number of nitrogens with two attached hydrogens (primary N) is 1. The molecule has 0 radical (unpaired) electrons. The summed E-state index contributed by atoms with van der Waals surface area (Å²) < 4.78 is 26.8. The van der Waals surface area contributed by atoms with Gasteiger partial charge in [0, 0.05) is 18.7 Å². The lowest BCUT2D eigenvalue weighted by Gasteiger charge is -2.33. The predicted molar refractivity (Wildman–Crippen MR) is 85.2 cm³/mol. The summed E-state index contributed by atoms with van der Waals surface area (Å²) in [4.78, 5) is 11.6. The van der Waals surface area contributed by atoms with Gasteiger partial charge in [0.15, 0.2) is 0 Å². The predicted octanol–water partition coefficient (Wildman–Crippen LogP) is 1.47. The fourth-order valence-corrected chi connectivity index (χ4v) is 4.39. The number of carboxylic acid groups (broad SMARTS) is 1. The van der Waals surface area contributed by atoms with E-state index in [4.69, 9.17) is 5.73 Å². The molecule has 0 saturated carbocycles. The second-order valence-electron chi connectivity index (χ2n) is 5.45. The summed E-state index contributed by atoms with van der Waals surface area (Å²) in [5, 5.41) is 9.47. The number of nitrogen functional groups attached to an aromatic ring is 1. The first kappa shape index (κ1) is 15.5. The molecular formula is C16H16N2O4S. The molecule has 0 spiro atoms. The quantitative estimate of drug-likeness (QED) is 0.829. The number of anilines is 1. The molecule has 1 heterocycles. The van der Waals surface area contributed by atoms with Crippen LogP contribution in [-0.2, 0) is 27.8 Å². The molecule has 23 heavy (non-hydrogen) atoms. The molecule has 7 heteroatoms. The molecular weight excluding hydrogens is 316 g/mol. The lowest BCUT2D eigenvalue weighted by atomic mass is 9.96. The summed E-state index contributed by atoms with van der Waals surface area (Å²) in [6.45, 7) is 0.0320. The Morgan fingerprint density at radius 3 is 2.48 bits per heavy atom. The van der Waals surface area contributed by atoms with Crippen LogP contribution in [0.5, 0.6) is 0 Å². The van der Waals surface area contributed by atoms with Crippen molar-refractivity contribution in [2.75, 3.05) is 5.73 Å². The third kappa shape index (κ3) is 2.80. The molecule has 0 aliphatic carbocycles. The number of hydrogen-bond donors (Lipinski definition) is 2. The number of hydrogen-bond acceptors (Lipinski definition) is 4. The first-order valence-electron chi connectivity index (χ1n) is 7.06. The number of nitrogens with zero attached hydrogens (tertiary/aromatic N) is 1. The van der Waals surface area contributed by atoms with Crippen molar-refractivity contribution >= 4 is 21.7 Å². The maximum atomic E-state index is 12.9. The maximum Gasteiger partial charge on any atom is 0.322 e. The monoisotopic (exact) mass is 332 g/mol. The zero-order chi connectivity index (χ0) is 16.6. The van der Waals surface area contributed by atoms with Crippen molar-refractivity contribution in [3.8, 4) is 0 Å². The summed E-state index contributed by atoms with van der Waals surface area (Å²) in [5.74, 6) is -1.16. The van der Waals surface area contributed by atoms with Gasteiger partial charge in [0.05, 0.1) is 4.90 Å². The minimum Gasteiger partial charge on any atom is -0.480 e. The van der Waals surface area contributed by atoms with E-state index < -0.39 is 22.0 Å². The second-order valence-corrected chi connectivity index (χ2v) is 7.34. The number of rotatable bonds is 3. The molecule has 1 aliphatic rings. The van der Waals surface area contributed by atoms with Crippen LogP contribution in [0.3, 0.4) is 0 Å². The van der Waals surface area contributed by atoms with Gasteiger partial charge in [0.1, 0.15) is 6.04 Å². The molecule has 2 aromatic rings. The Balaban J connectivity index is 2.07. The molecule has 0 saturated heterocycles. The van der Waals surface area contributed by atoms with E-state index in [2.05, 4.69) is 0 Å². The van der Waals surface area contributed by atoms with Gasteiger partial charge < -0.3 is 10.8 Å². The molecule has 1 aliphatic heterocycles. The summed E-state index contributed by atoms with van der Waals surface area (Å²) in [6, 6.07) is 12.0. The van der Waals surface area contributed by atoms with E-state index in [-0.39, 0.29) is 17.9 Å². The fraction of sp³-hybridized carbons (Fsp3) is 0.188. The average molecular weight is 332 g/mol. The number of sulfonamides is 1. The first-order valence-corrected chi connectivity index (χ1v) is 8.50. The van der Waals surface area contributed by atoms with Crippen molar-refractivity contribution in [3.05, 3.63) is 59.7 Å². The smallest absolute Gasteiger partial charge is 0.322 e. The Morgan fingerprint density at radius 1 is 1.13 bits per heavy atom. The summed E-state index contributed by atoms with van der Waals surface area (Å²) >= 11 is 0. The van der Waals surface area contributed by atoms with E-state index in [1.807, 2.05) is 24.3 Å². The van der Waals surface area contributed by atoms with Crippen molar-refractivity contribution < 1.29 is 18.3 Å². The number of aliphatic carboxylic acids is 1. The molecule has 0 amide bonds. The zero-order valence-electron chi connectivity index (χ0n) is 12.2. The van der Waals surface area contributed by atoms with Gasteiger partial charge in [-0.05, 0) is 29.3 Å². The minimum atomic E-state index is -3.95. The Labute approximate surface area is 134 Å². The third-order valence-electron chi connectivity index (χ3n) is 3.96. The van der Waals surface area contributed by atoms with E-state index in [9.17, 15) is 18.3 Å². The highest BCUT2D eigenvalue weighted by molar-refractivity contribution is 7.89. The summed E-state index contributed by atoms with van der Waals surface area (Å²) in [7, 11) is -3.95. The second kappa shape index (κ2) is 5.68. The highest BCUT2D eigenvalue weighted by Gasteiger charge is 2.39. The van der Waals surface area contributed by atoms with Crippen LogP contribution < -0.4 is 5.73 Å². The van der Waals surface area contributed by atoms with Gasteiger partial charge in [-0.25, -0.2) is 8.42 Å². The van der Waals surface area contributed by atoms with Crippen LogP contribution in [0.25, 0.3) is 0 Å². The molecule has 3 rings (SSSR count). The third-order valence-corrected chi connectivity index (χ3v) is 5.81. The van der Waals surface area contributed by atoms with E-state index in [1.54, 1.807) is 6.07 Å². The van der Waals surface area contributed by atoms with Gasteiger partial charge in [-0.1, -0.05) is 30.3 Å². The van der Waals surface area contributed by atoms with Gasteiger partial charge in [-0.3, -0.25) is 4.79 Å². The van der Waals surface area contributed by atoms with Crippen molar-refractivity contribution in [2.45, 2.75) is 23.9 Å².